The molecule has 2 aromatic rings. The summed E-state index contributed by atoms with van der Waals surface area (Å²) in [6.07, 6.45) is 5.39. The third kappa shape index (κ3) is 3.72. The Morgan fingerprint density at radius 2 is 1.64 bits per heavy atom. The smallest absolute Gasteiger partial charge is 0.159 e. The molecule has 4 rings (SSSR count). The lowest BCUT2D eigenvalue weighted by atomic mass is 9.95. The average molecular weight is 336 g/mol. The van der Waals surface area contributed by atoms with Gasteiger partial charge in [0.2, 0.25) is 0 Å². The number of Topliss-reactive ketones (excluding diaryl/α,β-unsaturated/α-hetero) is 1. The Labute approximate surface area is 150 Å². The van der Waals surface area contributed by atoms with Gasteiger partial charge in [-0.1, -0.05) is 18.2 Å². The number of anilines is 1. The van der Waals surface area contributed by atoms with E-state index in [1.165, 1.54) is 56.4 Å². The predicted molar refractivity (Wildman–Crippen MR) is 105 cm³/mol. The molecule has 132 valence electrons. The van der Waals surface area contributed by atoms with Gasteiger partial charge in [0.15, 0.2) is 5.78 Å². The maximum atomic E-state index is 11.5. The van der Waals surface area contributed by atoms with Crippen molar-refractivity contribution < 1.29 is 4.79 Å². The van der Waals surface area contributed by atoms with E-state index in [0.29, 0.717) is 0 Å². The summed E-state index contributed by atoms with van der Waals surface area (Å²) in [7, 11) is 0. The van der Waals surface area contributed by atoms with Crippen molar-refractivity contribution in [3.05, 3.63) is 42.0 Å². The molecule has 0 unspecified atom stereocenters. The van der Waals surface area contributed by atoms with Crippen LogP contribution in [0.25, 0.3) is 10.8 Å². The molecule has 25 heavy (non-hydrogen) atoms. The molecule has 3 nitrogen and oxygen atoms in total. The fraction of sp³-hybridized carbons (Fsp3) is 0.500. The molecule has 0 aromatic heterocycles. The number of nitrogens with zero attached hydrogens (tertiary/aromatic N) is 2. The molecule has 0 N–H and O–H groups in total. The first-order valence-corrected chi connectivity index (χ1v) is 9.71. The fourth-order valence-electron chi connectivity index (χ4n) is 4.35. The van der Waals surface area contributed by atoms with Crippen LogP contribution in [-0.2, 0) is 0 Å². The maximum absolute atomic E-state index is 11.5. The molecule has 2 saturated heterocycles. The van der Waals surface area contributed by atoms with Crippen LogP contribution < -0.4 is 4.90 Å². The Morgan fingerprint density at radius 3 is 2.36 bits per heavy atom. The van der Waals surface area contributed by atoms with E-state index in [-0.39, 0.29) is 5.78 Å². The number of hydrogen-bond acceptors (Lipinski definition) is 3. The minimum absolute atomic E-state index is 0.131. The number of carbonyl (C=O) groups is 1. The molecule has 0 saturated carbocycles. The summed E-state index contributed by atoms with van der Waals surface area (Å²) in [5.74, 6) is 0.999. The van der Waals surface area contributed by atoms with Crippen molar-refractivity contribution in [3.63, 3.8) is 0 Å². The van der Waals surface area contributed by atoms with Crippen molar-refractivity contribution >= 4 is 22.2 Å². The quantitative estimate of drug-likeness (QED) is 0.775. The molecule has 0 atom stereocenters. The van der Waals surface area contributed by atoms with Crippen LogP contribution >= 0.6 is 0 Å². The molecular formula is C22H28N2O. The van der Waals surface area contributed by atoms with E-state index in [4.69, 9.17) is 0 Å². The van der Waals surface area contributed by atoms with Gasteiger partial charge in [0.05, 0.1) is 0 Å². The van der Waals surface area contributed by atoms with Gasteiger partial charge < -0.3 is 9.80 Å². The molecule has 2 aromatic carbocycles. The summed E-state index contributed by atoms with van der Waals surface area (Å²) >= 11 is 0. The molecule has 0 aliphatic carbocycles. The number of piperidine rings is 1. The standard InChI is InChI=1S/C22H28N2O/c1-17(25)19-4-5-21-15-22(7-6-20(21)14-19)24-12-8-18(9-13-24)16-23-10-2-3-11-23/h4-7,14-15,18H,2-3,8-13,16H2,1H3. The summed E-state index contributed by atoms with van der Waals surface area (Å²) in [4.78, 5) is 16.7. The Kier molecular flexibility index (Phi) is 4.76. The van der Waals surface area contributed by atoms with E-state index in [1.54, 1.807) is 6.92 Å². The minimum Gasteiger partial charge on any atom is -0.371 e. The highest BCUT2D eigenvalue weighted by molar-refractivity contribution is 5.99. The van der Waals surface area contributed by atoms with Crippen LogP contribution in [0, 0.1) is 5.92 Å². The van der Waals surface area contributed by atoms with Crippen molar-refractivity contribution in [2.45, 2.75) is 32.6 Å². The van der Waals surface area contributed by atoms with Gasteiger partial charge in [-0.15, -0.1) is 0 Å². The molecule has 2 heterocycles. The monoisotopic (exact) mass is 336 g/mol. The summed E-state index contributed by atoms with van der Waals surface area (Å²) < 4.78 is 0. The van der Waals surface area contributed by atoms with Crippen molar-refractivity contribution in [1.82, 2.24) is 4.90 Å². The van der Waals surface area contributed by atoms with Crippen molar-refractivity contribution in [2.24, 2.45) is 5.92 Å². The van der Waals surface area contributed by atoms with Crippen molar-refractivity contribution in [2.75, 3.05) is 37.6 Å². The molecule has 0 spiro atoms. The van der Waals surface area contributed by atoms with Gasteiger partial charge in [0.1, 0.15) is 0 Å². The fourth-order valence-corrected chi connectivity index (χ4v) is 4.35. The Morgan fingerprint density at radius 1 is 0.960 bits per heavy atom. The predicted octanol–water partition coefficient (Wildman–Crippen LogP) is 4.35. The van der Waals surface area contributed by atoms with Gasteiger partial charge in [-0.05, 0) is 80.6 Å². The molecule has 3 heteroatoms. The highest BCUT2D eigenvalue weighted by Crippen LogP contribution is 2.28. The molecule has 2 aliphatic rings. The van der Waals surface area contributed by atoms with Crippen molar-refractivity contribution in [3.8, 4) is 0 Å². The zero-order valence-electron chi connectivity index (χ0n) is 15.2. The zero-order valence-corrected chi connectivity index (χ0v) is 15.2. The van der Waals surface area contributed by atoms with E-state index in [9.17, 15) is 4.79 Å². The van der Waals surface area contributed by atoms with Gasteiger partial charge in [-0.2, -0.15) is 0 Å². The van der Waals surface area contributed by atoms with Crippen LogP contribution in [0.1, 0.15) is 43.0 Å². The number of rotatable bonds is 4. The van der Waals surface area contributed by atoms with E-state index in [2.05, 4.69) is 34.1 Å². The summed E-state index contributed by atoms with van der Waals surface area (Å²) in [6.45, 7) is 7.88. The van der Waals surface area contributed by atoms with Gasteiger partial charge in [-0.3, -0.25) is 4.79 Å². The van der Waals surface area contributed by atoms with Gasteiger partial charge in [-0.25, -0.2) is 0 Å². The Hall–Kier alpha value is -1.87. The first-order chi connectivity index (χ1) is 12.2. The number of ketones is 1. The van der Waals surface area contributed by atoms with Crippen LogP contribution in [0.15, 0.2) is 36.4 Å². The first-order valence-electron chi connectivity index (χ1n) is 9.71. The second kappa shape index (κ2) is 7.17. The molecule has 0 amide bonds. The number of fused-ring (bicyclic) bond motifs is 1. The minimum atomic E-state index is 0.131. The average Bonchev–Trinajstić information content (AvgIpc) is 3.14. The second-order valence-electron chi connectivity index (χ2n) is 7.74. The van der Waals surface area contributed by atoms with Crippen LogP contribution in [-0.4, -0.2) is 43.4 Å². The lowest BCUT2D eigenvalue weighted by Crippen LogP contribution is -2.38. The molecular weight excluding hydrogens is 308 g/mol. The molecule has 0 radical (unpaired) electrons. The number of carbonyl (C=O) groups excluding carboxylic acids is 1. The SMILES string of the molecule is CC(=O)c1ccc2cc(N3CCC(CN4CCCC4)CC3)ccc2c1. The largest absolute Gasteiger partial charge is 0.371 e. The van der Waals surface area contributed by atoms with Crippen LogP contribution in [0.3, 0.4) is 0 Å². The highest BCUT2D eigenvalue weighted by atomic mass is 16.1. The Balaban J connectivity index is 1.42. The summed E-state index contributed by atoms with van der Waals surface area (Å²) in [5.41, 5.74) is 2.12. The molecule has 0 bridgehead atoms. The van der Waals surface area contributed by atoms with Gasteiger partial charge in [0.25, 0.3) is 0 Å². The third-order valence-electron chi connectivity index (χ3n) is 5.93. The van der Waals surface area contributed by atoms with E-state index in [1.807, 2.05) is 12.1 Å². The third-order valence-corrected chi connectivity index (χ3v) is 5.93. The maximum Gasteiger partial charge on any atom is 0.159 e. The number of hydrogen-bond donors (Lipinski definition) is 0. The van der Waals surface area contributed by atoms with Gasteiger partial charge in [0, 0.05) is 30.9 Å². The topological polar surface area (TPSA) is 23.6 Å². The lowest BCUT2D eigenvalue weighted by Gasteiger charge is -2.35. The van der Waals surface area contributed by atoms with Crippen LogP contribution in [0.4, 0.5) is 5.69 Å². The summed E-state index contributed by atoms with van der Waals surface area (Å²) in [5, 5.41) is 2.38. The lowest BCUT2D eigenvalue weighted by molar-refractivity contribution is 0.101. The van der Waals surface area contributed by atoms with Gasteiger partial charge >= 0.3 is 0 Å². The number of benzene rings is 2. The normalized spacial score (nSPS) is 19.6. The molecule has 2 fully saturated rings. The number of likely N-dealkylation sites (tertiary alicyclic amines) is 1. The van der Waals surface area contributed by atoms with Crippen LogP contribution in [0.5, 0.6) is 0 Å². The van der Waals surface area contributed by atoms with E-state index >= 15 is 0 Å². The van der Waals surface area contributed by atoms with Crippen LogP contribution in [0.2, 0.25) is 0 Å². The highest BCUT2D eigenvalue weighted by Gasteiger charge is 2.23. The Bertz CT molecular complexity index is 756. The zero-order chi connectivity index (χ0) is 17.2. The first kappa shape index (κ1) is 16.6. The summed E-state index contributed by atoms with van der Waals surface area (Å²) in [6, 6.07) is 12.7. The molecule has 2 aliphatic heterocycles. The van der Waals surface area contributed by atoms with E-state index in [0.717, 1.165) is 30.0 Å². The van der Waals surface area contributed by atoms with E-state index < -0.39 is 0 Å². The van der Waals surface area contributed by atoms with Crippen molar-refractivity contribution in [1.29, 1.82) is 0 Å². The second-order valence-corrected chi connectivity index (χ2v) is 7.74.